The molecule has 4 aliphatic carbocycles. The molecule has 2 aromatic carbocycles. The third-order valence-corrected chi connectivity index (χ3v) is 12.9. The molecule has 4 N–H and O–H groups in total. The highest BCUT2D eigenvalue weighted by molar-refractivity contribution is 7.17. The van der Waals surface area contributed by atoms with Crippen molar-refractivity contribution in [1.29, 1.82) is 0 Å². The summed E-state index contributed by atoms with van der Waals surface area (Å²) in [6, 6.07) is 12.0. The lowest BCUT2D eigenvalue weighted by molar-refractivity contribution is -0.201. The lowest BCUT2D eigenvalue weighted by Crippen LogP contribution is -2.63. The molecule has 45 heavy (non-hydrogen) atoms. The van der Waals surface area contributed by atoms with Crippen molar-refractivity contribution in [2.24, 2.45) is 28.6 Å². The summed E-state index contributed by atoms with van der Waals surface area (Å²) < 4.78 is 14.3. The summed E-state index contributed by atoms with van der Waals surface area (Å²) in [5.41, 5.74) is 11.2. The molecule has 8 rings (SSSR count). The van der Waals surface area contributed by atoms with E-state index in [-0.39, 0.29) is 29.3 Å². The summed E-state index contributed by atoms with van der Waals surface area (Å²) in [6.07, 6.45) is 6.62. The fourth-order valence-electron chi connectivity index (χ4n) is 10.0. The smallest absolute Gasteiger partial charge is 0.193 e. The van der Waals surface area contributed by atoms with Gasteiger partial charge in [-0.15, -0.1) is 11.3 Å². The number of hydrogen-bond donors (Lipinski definition) is 3. The Labute approximate surface area is 265 Å². The van der Waals surface area contributed by atoms with Crippen LogP contribution in [0.2, 0.25) is 0 Å². The molecule has 1 aromatic heterocycles. The molecular formula is C36H38N2O6S. The number of thiazole rings is 1. The highest BCUT2D eigenvalue weighted by atomic mass is 32.1. The number of rotatable bonds is 5. The molecule has 0 radical (unpaired) electrons. The lowest BCUT2D eigenvalue weighted by Gasteiger charge is -2.59. The molecule has 3 saturated carbocycles. The Morgan fingerprint density at radius 1 is 1.18 bits per heavy atom. The number of allylic oxidation sites excluding steroid dienone is 4. The predicted molar refractivity (Wildman–Crippen MR) is 170 cm³/mol. The number of nitrogen functional groups attached to an aromatic ring is 1. The number of hydrogen-bond acceptors (Lipinski definition) is 9. The van der Waals surface area contributed by atoms with Gasteiger partial charge in [0.15, 0.2) is 23.5 Å². The zero-order valence-corrected chi connectivity index (χ0v) is 26.3. The van der Waals surface area contributed by atoms with Gasteiger partial charge in [-0.2, -0.15) is 0 Å². The maximum Gasteiger partial charge on any atom is 0.193 e. The fraction of sp³-hybridized carbons (Fsp3) is 0.472. The molecule has 234 valence electrons. The molecule has 0 unspecified atom stereocenters. The van der Waals surface area contributed by atoms with Crippen LogP contribution in [0.3, 0.4) is 0 Å². The molecule has 5 aliphatic rings. The van der Waals surface area contributed by atoms with Crippen LogP contribution >= 0.6 is 11.3 Å². The second kappa shape index (κ2) is 10.1. The van der Waals surface area contributed by atoms with Crippen molar-refractivity contribution >= 4 is 38.8 Å². The topological polar surface area (TPSA) is 132 Å². The third kappa shape index (κ3) is 4.01. The van der Waals surface area contributed by atoms with E-state index in [1.165, 1.54) is 0 Å². The van der Waals surface area contributed by atoms with Gasteiger partial charge in [0.05, 0.1) is 33.6 Å². The van der Waals surface area contributed by atoms with Crippen LogP contribution in [-0.2, 0) is 25.5 Å². The maximum atomic E-state index is 13.8. The van der Waals surface area contributed by atoms with Crippen molar-refractivity contribution in [3.63, 3.8) is 0 Å². The summed E-state index contributed by atoms with van der Waals surface area (Å²) in [4.78, 5) is 30.5. The van der Waals surface area contributed by atoms with Gasteiger partial charge >= 0.3 is 0 Å². The molecule has 9 atom stereocenters. The van der Waals surface area contributed by atoms with E-state index in [2.05, 4.69) is 18.8 Å². The first-order chi connectivity index (χ1) is 21.6. The van der Waals surface area contributed by atoms with Crippen LogP contribution in [0.5, 0.6) is 0 Å². The number of aliphatic hydroxyl groups is 2. The highest BCUT2D eigenvalue weighted by Crippen LogP contribution is 2.70. The van der Waals surface area contributed by atoms with Crippen molar-refractivity contribution in [1.82, 2.24) is 4.98 Å². The van der Waals surface area contributed by atoms with Gasteiger partial charge in [-0.1, -0.05) is 55.8 Å². The Balaban J connectivity index is 1.08. The number of benzene rings is 2. The van der Waals surface area contributed by atoms with E-state index >= 15 is 0 Å². The Kier molecular flexibility index (Phi) is 6.58. The number of fused-ring (bicyclic) bond motifs is 8. The van der Waals surface area contributed by atoms with Gasteiger partial charge in [-0.05, 0) is 73.3 Å². The van der Waals surface area contributed by atoms with Crippen molar-refractivity contribution in [3.05, 3.63) is 82.4 Å². The van der Waals surface area contributed by atoms with Crippen LogP contribution in [0, 0.1) is 28.6 Å². The number of aliphatic hydroxyl groups excluding tert-OH is 2. The Bertz CT molecular complexity index is 1780. The molecular weight excluding hydrogens is 588 g/mol. The largest absolute Gasteiger partial charge is 0.398 e. The highest BCUT2D eigenvalue weighted by Gasteiger charge is 2.75. The second-order valence-electron chi connectivity index (χ2n) is 14.1. The molecule has 9 heteroatoms. The summed E-state index contributed by atoms with van der Waals surface area (Å²) in [5, 5.41) is 22.1. The number of aromatic nitrogens is 1. The molecule has 1 aliphatic heterocycles. The van der Waals surface area contributed by atoms with Gasteiger partial charge in [0.25, 0.3) is 0 Å². The summed E-state index contributed by atoms with van der Waals surface area (Å²) in [7, 11) is 0. The van der Waals surface area contributed by atoms with Crippen molar-refractivity contribution in [2.45, 2.75) is 70.1 Å². The molecule has 0 amide bonds. The molecule has 8 nitrogen and oxygen atoms in total. The number of Topliss-reactive ketones (excluding diaryl/α,β-unsaturated/α-hetero) is 1. The van der Waals surface area contributed by atoms with E-state index in [9.17, 15) is 19.8 Å². The number of ketones is 2. The van der Waals surface area contributed by atoms with Crippen molar-refractivity contribution in [2.75, 3.05) is 12.3 Å². The van der Waals surface area contributed by atoms with Gasteiger partial charge < -0.3 is 25.4 Å². The number of carbonyl (C=O) groups is 2. The minimum absolute atomic E-state index is 0.00171. The van der Waals surface area contributed by atoms with E-state index in [0.717, 1.165) is 51.0 Å². The van der Waals surface area contributed by atoms with E-state index in [1.807, 2.05) is 48.0 Å². The van der Waals surface area contributed by atoms with Crippen LogP contribution < -0.4 is 5.73 Å². The second-order valence-corrected chi connectivity index (χ2v) is 15.0. The van der Waals surface area contributed by atoms with Crippen LogP contribution in [0.1, 0.15) is 62.5 Å². The summed E-state index contributed by atoms with van der Waals surface area (Å²) >= 11 is 1.54. The number of anilines is 1. The van der Waals surface area contributed by atoms with Gasteiger partial charge in [0, 0.05) is 22.3 Å². The quantitative estimate of drug-likeness (QED) is 0.335. The van der Waals surface area contributed by atoms with Gasteiger partial charge in [-0.25, -0.2) is 4.98 Å². The maximum absolute atomic E-state index is 13.8. The van der Waals surface area contributed by atoms with Gasteiger partial charge in [-0.3, -0.25) is 9.59 Å². The van der Waals surface area contributed by atoms with E-state index < -0.39 is 41.5 Å². The Hall–Kier alpha value is -3.21. The van der Waals surface area contributed by atoms with Crippen LogP contribution in [0.4, 0.5) is 5.69 Å². The fourth-order valence-corrected chi connectivity index (χ4v) is 10.8. The Morgan fingerprint density at radius 3 is 2.76 bits per heavy atom. The first-order valence-corrected chi connectivity index (χ1v) is 16.8. The first kappa shape index (κ1) is 29.2. The molecule has 3 aromatic rings. The molecule has 4 fully saturated rings. The minimum atomic E-state index is -1.36. The standard InChI is InChI=1S/C36H38N2O6S/c1-34-12-11-23(40)14-22(34)8-9-24-25-15-29-36(28(42)17-39,35(25,2)16-27(41)30(24)34)44-33(43-29)20-5-3-19(4-6-20)13-21-7-10-26(37)32-31(21)38-18-45-32/h3-7,10-12,14,18,24-25,27,29-30,33,39,41H,8-9,13,15-17,37H2,1-2H3/t24-,25-,27-,29+,30+,33+,34-,35-,36+/m0/s1. The average molecular weight is 627 g/mol. The van der Waals surface area contributed by atoms with Crippen LogP contribution in [0.25, 0.3) is 10.2 Å². The zero-order valence-electron chi connectivity index (χ0n) is 25.4. The van der Waals surface area contributed by atoms with Crippen LogP contribution in [-0.4, -0.2) is 51.2 Å². The zero-order chi connectivity index (χ0) is 31.3. The van der Waals surface area contributed by atoms with E-state index in [0.29, 0.717) is 19.3 Å². The lowest BCUT2D eigenvalue weighted by atomic mass is 9.46. The van der Waals surface area contributed by atoms with Gasteiger partial charge in [0.1, 0.15) is 6.61 Å². The molecule has 2 heterocycles. The first-order valence-electron chi connectivity index (χ1n) is 15.9. The van der Waals surface area contributed by atoms with Crippen molar-refractivity contribution < 1.29 is 29.3 Å². The molecule has 0 bridgehead atoms. The van der Waals surface area contributed by atoms with E-state index in [4.69, 9.17) is 15.2 Å². The molecule has 1 saturated heterocycles. The molecule has 0 spiro atoms. The average Bonchev–Trinajstić information content (AvgIpc) is 3.73. The normalized spacial score (nSPS) is 38.4. The predicted octanol–water partition coefficient (Wildman–Crippen LogP) is 5.07. The summed E-state index contributed by atoms with van der Waals surface area (Å²) in [6.45, 7) is 3.54. The third-order valence-electron chi connectivity index (χ3n) is 12.0. The summed E-state index contributed by atoms with van der Waals surface area (Å²) in [5.74, 6) is -0.280. The van der Waals surface area contributed by atoms with Crippen LogP contribution in [0.15, 0.2) is 65.7 Å². The SMILES string of the molecule is C[C@]12C=CC(=O)C=C1CC[C@@H]1[C@@H]2[C@@H](O)C[C@@]2(C)[C@H]1C[C@H]1O[C@@H](c3ccc(Cc4ccc(N)c5scnc45)cc3)O[C@]12C(=O)CO. The minimum Gasteiger partial charge on any atom is -0.398 e. The number of nitrogens with two attached hydrogens (primary N) is 1. The monoisotopic (exact) mass is 626 g/mol. The number of carbonyl (C=O) groups excluding carboxylic acids is 2. The van der Waals surface area contributed by atoms with Gasteiger partial charge in [0.2, 0.25) is 0 Å². The van der Waals surface area contributed by atoms with E-state index in [1.54, 1.807) is 23.5 Å². The number of ether oxygens (including phenoxy) is 2. The Morgan fingerprint density at radius 2 is 1.98 bits per heavy atom. The number of nitrogens with zero attached hydrogens (tertiary/aromatic N) is 1. The van der Waals surface area contributed by atoms with Crippen molar-refractivity contribution in [3.8, 4) is 0 Å².